The predicted molar refractivity (Wildman–Crippen MR) is 85.3 cm³/mol. The monoisotopic (exact) mass is 298 g/mol. The third-order valence-electron chi connectivity index (χ3n) is 3.54. The van der Waals surface area contributed by atoms with Gasteiger partial charge in [-0.05, 0) is 35.5 Å². The quantitative estimate of drug-likeness (QED) is 0.733. The number of hydrogen-bond donors (Lipinski definition) is 2. The van der Waals surface area contributed by atoms with Crippen LogP contribution >= 0.6 is 0 Å². The van der Waals surface area contributed by atoms with Crippen molar-refractivity contribution in [2.75, 3.05) is 12.4 Å². The highest BCUT2D eigenvalue weighted by molar-refractivity contribution is 5.75. The molecule has 3 aromatic rings. The van der Waals surface area contributed by atoms with Crippen LogP contribution in [0.3, 0.4) is 0 Å². The van der Waals surface area contributed by atoms with E-state index in [-0.39, 0.29) is 0 Å². The number of unbranched alkanes of at least 4 members (excludes halogenated alkanes) is 1. The Morgan fingerprint density at radius 3 is 2.82 bits per heavy atom. The van der Waals surface area contributed by atoms with Crippen molar-refractivity contribution in [3.05, 3.63) is 36.2 Å². The lowest BCUT2D eigenvalue weighted by atomic mass is 10.1. The number of aromatic nitrogens is 4. The Bertz CT molecular complexity index is 751. The van der Waals surface area contributed by atoms with Gasteiger partial charge in [0, 0.05) is 0 Å². The van der Waals surface area contributed by atoms with E-state index in [0.29, 0.717) is 17.5 Å². The zero-order valence-corrected chi connectivity index (χ0v) is 12.8. The first-order chi connectivity index (χ1) is 10.8. The van der Waals surface area contributed by atoms with Crippen LogP contribution in [0.2, 0.25) is 0 Å². The van der Waals surface area contributed by atoms with E-state index in [0.717, 1.165) is 17.6 Å². The molecule has 22 heavy (non-hydrogen) atoms. The molecule has 0 amide bonds. The van der Waals surface area contributed by atoms with E-state index in [1.807, 2.05) is 0 Å². The van der Waals surface area contributed by atoms with Crippen molar-refractivity contribution in [3.8, 4) is 5.88 Å². The van der Waals surface area contributed by atoms with Gasteiger partial charge >= 0.3 is 5.95 Å². The smallest absolute Gasteiger partial charge is 0.399 e. The zero-order valence-electron chi connectivity index (χ0n) is 12.8. The van der Waals surface area contributed by atoms with E-state index in [9.17, 15) is 0 Å². The SMILES string of the molecule is CCCCc1ccc(Nc2nc3nc[nH]c3c(OC)[nH+]2)cc1. The van der Waals surface area contributed by atoms with Crippen molar-refractivity contribution in [1.29, 1.82) is 0 Å². The topological polar surface area (TPSA) is 77.0 Å². The van der Waals surface area contributed by atoms with Crippen LogP contribution < -0.4 is 15.0 Å². The average Bonchev–Trinajstić information content (AvgIpc) is 3.02. The summed E-state index contributed by atoms with van der Waals surface area (Å²) in [6.07, 6.45) is 5.14. The number of nitrogens with one attached hydrogen (secondary N) is 3. The fourth-order valence-electron chi connectivity index (χ4n) is 2.33. The fraction of sp³-hybridized carbons (Fsp3) is 0.312. The Labute approximate surface area is 129 Å². The van der Waals surface area contributed by atoms with E-state index in [1.165, 1.54) is 18.4 Å². The van der Waals surface area contributed by atoms with Crippen LogP contribution in [-0.4, -0.2) is 22.1 Å². The minimum absolute atomic E-state index is 0.595. The highest BCUT2D eigenvalue weighted by Gasteiger charge is 2.16. The molecule has 0 aliphatic rings. The number of methoxy groups -OCH3 is 1. The fourth-order valence-corrected chi connectivity index (χ4v) is 2.33. The van der Waals surface area contributed by atoms with E-state index in [4.69, 9.17) is 4.74 Å². The zero-order chi connectivity index (χ0) is 15.4. The van der Waals surface area contributed by atoms with Crippen molar-refractivity contribution in [2.45, 2.75) is 26.2 Å². The molecule has 0 bridgehead atoms. The molecule has 0 aliphatic carbocycles. The Kier molecular flexibility index (Phi) is 4.18. The highest BCUT2D eigenvalue weighted by Crippen LogP contribution is 2.19. The summed E-state index contributed by atoms with van der Waals surface area (Å²) in [7, 11) is 1.61. The molecule has 0 fully saturated rings. The summed E-state index contributed by atoms with van der Waals surface area (Å²) in [6.45, 7) is 2.20. The van der Waals surface area contributed by atoms with E-state index < -0.39 is 0 Å². The lowest BCUT2D eigenvalue weighted by Gasteiger charge is -2.03. The molecule has 6 nitrogen and oxygen atoms in total. The molecule has 2 heterocycles. The maximum absolute atomic E-state index is 5.32. The third-order valence-corrected chi connectivity index (χ3v) is 3.54. The van der Waals surface area contributed by atoms with Crippen LogP contribution in [0.1, 0.15) is 25.3 Å². The van der Waals surface area contributed by atoms with Crippen LogP contribution in [0.5, 0.6) is 5.88 Å². The summed E-state index contributed by atoms with van der Waals surface area (Å²) in [5, 5.41) is 3.24. The van der Waals surface area contributed by atoms with Crippen LogP contribution in [0, 0.1) is 0 Å². The van der Waals surface area contributed by atoms with Crippen LogP contribution in [0.15, 0.2) is 30.6 Å². The molecule has 114 valence electrons. The van der Waals surface area contributed by atoms with Crippen LogP contribution in [0.25, 0.3) is 11.2 Å². The van der Waals surface area contributed by atoms with Gasteiger partial charge in [0.1, 0.15) is 0 Å². The Morgan fingerprint density at radius 1 is 1.27 bits per heavy atom. The van der Waals surface area contributed by atoms with Gasteiger partial charge in [-0.3, -0.25) is 0 Å². The molecule has 0 unspecified atom stereocenters. The number of rotatable bonds is 6. The molecule has 3 rings (SSSR count). The van der Waals surface area contributed by atoms with Gasteiger partial charge in [0.2, 0.25) is 0 Å². The first-order valence-corrected chi connectivity index (χ1v) is 7.46. The number of benzene rings is 1. The molecular formula is C16H20N5O+. The third kappa shape index (κ3) is 3.00. The van der Waals surface area contributed by atoms with Crippen molar-refractivity contribution in [3.63, 3.8) is 0 Å². The Balaban J connectivity index is 1.80. The average molecular weight is 298 g/mol. The number of imidazole rings is 1. The largest absolute Gasteiger partial charge is 0.470 e. The van der Waals surface area contributed by atoms with Crippen LogP contribution in [-0.2, 0) is 6.42 Å². The van der Waals surface area contributed by atoms with Gasteiger partial charge in [-0.2, -0.15) is 0 Å². The molecule has 0 radical (unpaired) electrons. The Morgan fingerprint density at radius 2 is 2.09 bits per heavy atom. The molecule has 1 aromatic carbocycles. The van der Waals surface area contributed by atoms with E-state index in [1.54, 1.807) is 13.4 Å². The predicted octanol–water partition coefficient (Wildman–Crippen LogP) is 2.87. The normalized spacial score (nSPS) is 10.8. The summed E-state index contributed by atoms with van der Waals surface area (Å²) in [5.41, 5.74) is 3.69. The summed E-state index contributed by atoms with van der Waals surface area (Å²) in [4.78, 5) is 14.7. The number of anilines is 2. The summed E-state index contributed by atoms with van der Waals surface area (Å²) >= 11 is 0. The van der Waals surface area contributed by atoms with E-state index in [2.05, 4.69) is 56.4 Å². The first kappa shape index (κ1) is 14.3. The molecule has 3 N–H and O–H groups in total. The number of H-pyrrole nitrogens is 2. The number of aryl methyl sites for hydroxylation is 1. The second kappa shape index (κ2) is 6.43. The molecule has 0 aliphatic heterocycles. The van der Waals surface area contributed by atoms with Gasteiger partial charge in [0.05, 0.1) is 19.1 Å². The number of ether oxygens (including phenoxy) is 1. The van der Waals surface area contributed by atoms with Crippen molar-refractivity contribution in [2.24, 2.45) is 0 Å². The number of hydrogen-bond acceptors (Lipinski definition) is 4. The molecule has 2 aromatic heterocycles. The van der Waals surface area contributed by atoms with Crippen molar-refractivity contribution >= 4 is 22.8 Å². The maximum atomic E-state index is 5.32. The van der Waals surface area contributed by atoms with Gasteiger partial charge in [-0.15, -0.1) is 0 Å². The second-order valence-electron chi connectivity index (χ2n) is 5.15. The molecule has 0 spiro atoms. The molecule has 6 heteroatoms. The van der Waals surface area contributed by atoms with Gasteiger partial charge in [0.15, 0.2) is 5.52 Å². The summed E-state index contributed by atoms with van der Waals surface area (Å²) in [6, 6.07) is 8.40. The lowest BCUT2D eigenvalue weighted by Crippen LogP contribution is -2.16. The van der Waals surface area contributed by atoms with Crippen LogP contribution in [0.4, 0.5) is 11.6 Å². The van der Waals surface area contributed by atoms with Gasteiger partial charge in [-0.25, -0.2) is 15.3 Å². The second-order valence-corrected chi connectivity index (χ2v) is 5.15. The standard InChI is InChI=1S/C16H19N5O/c1-3-4-5-11-6-8-12(9-7-11)19-16-20-14-13(17-10-18-14)15(21-16)22-2/h6-10H,3-5H2,1-2H3,(H2,17,18,19,20,21)/p+1. The van der Waals surface area contributed by atoms with Gasteiger partial charge < -0.3 is 9.72 Å². The molecule has 0 atom stereocenters. The summed E-state index contributed by atoms with van der Waals surface area (Å²) < 4.78 is 5.32. The van der Waals surface area contributed by atoms with Crippen molar-refractivity contribution in [1.82, 2.24) is 15.0 Å². The molecule has 0 saturated carbocycles. The maximum Gasteiger partial charge on any atom is 0.399 e. The van der Waals surface area contributed by atoms with Gasteiger partial charge in [-0.1, -0.05) is 25.5 Å². The molecule has 0 saturated heterocycles. The number of aromatic amines is 2. The van der Waals surface area contributed by atoms with Crippen molar-refractivity contribution < 1.29 is 9.72 Å². The minimum Gasteiger partial charge on any atom is -0.470 e. The van der Waals surface area contributed by atoms with E-state index >= 15 is 0 Å². The summed E-state index contributed by atoms with van der Waals surface area (Å²) in [5.74, 6) is 1.20. The number of nitrogens with zero attached hydrogens (tertiary/aromatic N) is 2. The Hall–Kier alpha value is -2.63. The highest BCUT2D eigenvalue weighted by atomic mass is 16.5. The first-order valence-electron chi connectivity index (χ1n) is 7.46. The lowest BCUT2D eigenvalue weighted by molar-refractivity contribution is -0.377. The van der Waals surface area contributed by atoms with Gasteiger partial charge in [0.25, 0.3) is 11.5 Å². The number of fused-ring (bicyclic) bond motifs is 1. The molecular weight excluding hydrogens is 278 g/mol. The minimum atomic E-state index is 0.595.